The fourth-order valence-corrected chi connectivity index (χ4v) is 2.08. The number of nitrogens with two attached hydrogens (primary N) is 1. The molecule has 0 saturated heterocycles. The third-order valence-electron chi connectivity index (χ3n) is 2.91. The van der Waals surface area contributed by atoms with Crippen molar-refractivity contribution in [3.05, 3.63) is 66.4 Å². The Morgan fingerprint density at radius 3 is 2.63 bits per heavy atom. The van der Waals surface area contributed by atoms with Gasteiger partial charge in [-0.3, -0.25) is 4.68 Å². The molecule has 3 rings (SSSR count). The van der Waals surface area contributed by atoms with Crippen molar-refractivity contribution in [2.24, 2.45) is 0 Å². The van der Waals surface area contributed by atoms with Crippen molar-refractivity contribution in [3.63, 3.8) is 0 Å². The summed E-state index contributed by atoms with van der Waals surface area (Å²) in [6, 6.07) is 10.4. The van der Waals surface area contributed by atoms with E-state index >= 15 is 0 Å². The van der Waals surface area contributed by atoms with Crippen LogP contribution in [0.5, 0.6) is 0 Å². The first-order valence-electron chi connectivity index (χ1n) is 6.12. The highest BCUT2D eigenvalue weighted by molar-refractivity contribution is 5.26. The average Bonchev–Trinajstić information content (AvgIpc) is 3.02. The van der Waals surface area contributed by atoms with Crippen LogP contribution in [-0.4, -0.2) is 19.3 Å². The van der Waals surface area contributed by atoms with Gasteiger partial charge in [-0.15, -0.1) is 0 Å². The molecule has 0 aliphatic rings. The summed E-state index contributed by atoms with van der Waals surface area (Å²) in [6.07, 6.45) is 7.33. The van der Waals surface area contributed by atoms with Crippen LogP contribution in [0.3, 0.4) is 0 Å². The lowest BCUT2D eigenvalue weighted by atomic mass is 10.1. The Kier molecular flexibility index (Phi) is 3.02. The third kappa shape index (κ3) is 2.82. The largest absolute Gasteiger partial charge is 0.382 e. The van der Waals surface area contributed by atoms with Crippen molar-refractivity contribution in [2.45, 2.75) is 13.1 Å². The molecule has 0 unspecified atom stereocenters. The van der Waals surface area contributed by atoms with Gasteiger partial charge in [0.2, 0.25) is 0 Å². The summed E-state index contributed by atoms with van der Waals surface area (Å²) < 4.78 is 3.89. The Hall–Kier alpha value is -2.56. The van der Waals surface area contributed by atoms with Crippen molar-refractivity contribution in [2.75, 3.05) is 5.73 Å². The molecular weight excluding hydrogens is 238 g/mol. The third-order valence-corrected chi connectivity index (χ3v) is 2.91. The molecule has 0 radical (unpaired) electrons. The van der Waals surface area contributed by atoms with Gasteiger partial charge in [0.05, 0.1) is 12.9 Å². The van der Waals surface area contributed by atoms with E-state index in [2.05, 4.69) is 34.3 Å². The van der Waals surface area contributed by atoms with Crippen LogP contribution in [0, 0.1) is 0 Å². The van der Waals surface area contributed by atoms with Gasteiger partial charge in [-0.1, -0.05) is 24.3 Å². The van der Waals surface area contributed by atoms with Crippen LogP contribution in [0.4, 0.5) is 5.82 Å². The van der Waals surface area contributed by atoms with Crippen LogP contribution < -0.4 is 5.73 Å². The molecule has 2 N–H and O–H groups in total. The molecule has 0 atom stereocenters. The zero-order valence-corrected chi connectivity index (χ0v) is 10.5. The molecule has 96 valence electrons. The number of hydrogen-bond donors (Lipinski definition) is 1. The summed E-state index contributed by atoms with van der Waals surface area (Å²) >= 11 is 0. The lowest BCUT2D eigenvalue weighted by Gasteiger charge is -2.06. The van der Waals surface area contributed by atoms with Gasteiger partial charge in [0, 0.05) is 25.1 Å². The summed E-state index contributed by atoms with van der Waals surface area (Å²) in [5, 5.41) is 4.21. The van der Waals surface area contributed by atoms with Gasteiger partial charge in [0.25, 0.3) is 0 Å². The number of hydrogen-bond acceptors (Lipinski definition) is 3. The minimum absolute atomic E-state index is 0.549. The van der Waals surface area contributed by atoms with Crippen LogP contribution in [-0.2, 0) is 13.1 Å². The van der Waals surface area contributed by atoms with Crippen molar-refractivity contribution < 1.29 is 0 Å². The highest BCUT2D eigenvalue weighted by Gasteiger charge is 2.00. The zero-order valence-electron chi connectivity index (χ0n) is 10.5. The number of nitrogens with zero attached hydrogens (tertiary/aromatic N) is 4. The molecule has 5 nitrogen and oxygen atoms in total. The average molecular weight is 253 g/mol. The van der Waals surface area contributed by atoms with E-state index in [0.717, 1.165) is 13.1 Å². The standard InChI is InChI=1S/C14H15N5/c15-14-10-18(11-16-14)8-12-3-1-4-13(7-12)9-19-6-2-5-17-19/h1-7,10-11H,8-9,15H2. The molecule has 0 aliphatic heterocycles. The Balaban J connectivity index is 1.76. The fraction of sp³-hybridized carbons (Fsp3) is 0.143. The molecule has 1 aromatic carbocycles. The van der Waals surface area contributed by atoms with Gasteiger partial charge in [-0.05, 0) is 17.2 Å². The fourth-order valence-electron chi connectivity index (χ4n) is 2.08. The topological polar surface area (TPSA) is 61.7 Å². The van der Waals surface area contributed by atoms with Gasteiger partial charge in [0.15, 0.2) is 0 Å². The zero-order chi connectivity index (χ0) is 13.1. The molecule has 0 aliphatic carbocycles. The summed E-state index contributed by atoms with van der Waals surface area (Å²) in [5.74, 6) is 0.549. The van der Waals surface area contributed by atoms with Gasteiger partial charge in [-0.25, -0.2) is 4.98 Å². The van der Waals surface area contributed by atoms with Crippen LogP contribution in [0.25, 0.3) is 0 Å². The lowest BCUT2D eigenvalue weighted by Crippen LogP contribution is -2.02. The second kappa shape index (κ2) is 4.97. The second-order valence-corrected chi connectivity index (χ2v) is 4.49. The Labute approximate surface area is 111 Å². The monoisotopic (exact) mass is 253 g/mol. The quantitative estimate of drug-likeness (QED) is 0.770. The molecular formula is C14H15N5. The maximum Gasteiger partial charge on any atom is 0.141 e. The Morgan fingerprint density at radius 2 is 1.95 bits per heavy atom. The van der Waals surface area contributed by atoms with Gasteiger partial charge in [0.1, 0.15) is 5.82 Å². The van der Waals surface area contributed by atoms with Gasteiger partial charge >= 0.3 is 0 Å². The SMILES string of the molecule is Nc1cn(Cc2cccc(Cn3cccn3)c2)cn1. The first-order valence-corrected chi connectivity index (χ1v) is 6.12. The van der Waals surface area contributed by atoms with E-state index in [1.54, 1.807) is 12.5 Å². The Morgan fingerprint density at radius 1 is 1.11 bits per heavy atom. The molecule has 5 heteroatoms. The summed E-state index contributed by atoms with van der Waals surface area (Å²) in [6.45, 7) is 1.56. The minimum Gasteiger partial charge on any atom is -0.382 e. The van der Waals surface area contributed by atoms with Crippen LogP contribution in [0.2, 0.25) is 0 Å². The van der Waals surface area contributed by atoms with Crippen LogP contribution in [0.1, 0.15) is 11.1 Å². The lowest BCUT2D eigenvalue weighted by molar-refractivity contribution is 0.685. The van der Waals surface area contributed by atoms with Crippen LogP contribution in [0.15, 0.2) is 55.2 Å². The summed E-state index contributed by atoms with van der Waals surface area (Å²) in [5.41, 5.74) is 8.06. The predicted molar refractivity (Wildman–Crippen MR) is 73.5 cm³/mol. The Bertz CT molecular complexity index is 654. The van der Waals surface area contributed by atoms with Crippen molar-refractivity contribution in [3.8, 4) is 0 Å². The predicted octanol–water partition coefficient (Wildman–Crippen LogP) is 1.76. The number of imidazole rings is 1. The maximum atomic E-state index is 5.61. The van der Waals surface area contributed by atoms with Crippen molar-refractivity contribution in [1.29, 1.82) is 0 Å². The van der Waals surface area contributed by atoms with Crippen LogP contribution >= 0.6 is 0 Å². The summed E-state index contributed by atoms with van der Waals surface area (Å²) in [4.78, 5) is 4.02. The smallest absolute Gasteiger partial charge is 0.141 e. The minimum atomic E-state index is 0.549. The van der Waals surface area contributed by atoms with E-state index in [-0.39, 0.29) is 0 Å². The number of rotatable bonds is 4. The maximum absolute atomic E-state index is 5.61. The molecule has 0 saturated carbocycles. The van der Waals surface area contributed by atoms with E-state index in [9.17, 15) is 0 Å². The van der Waals surface area contributed by atoms with E-state index < -0.39 is 0 Å². The highest BCUT2D eigenvalue weighted by atomic mass is 15.3. The van der Waals surface area contributed by atoms with Gasteiger partial charge < -0.3 is 10.3 Å². The van der Waals surface area contributed by atoms with Crippen molar-refractivity contribution in [1.82, 2.24) is 19.3 Å². The molecule has 2 heterocycles. The second-order valence-electron chi connectivity index (χ2n) is 4.49. The normalized spacial score (nSPS) is 10.7. The van der Waals surface area contributed by atoms with E-state index in [1.165, 1.54) is 11.1 Å². The molecule has 0 spiro atoms. The molecule has 0 amide bonds. The number of benzene rings is 1. The molecule has 3 aromatic rings. The number of anilines is 1. The molecule has 2 aromatic heterocycles. The highest BCUT2D eigenvalue weighted by Crippen LogP contribution is 2.09. The van der Waals surface area contributed by atoms with E-state index in [1.807, 2.05) is 27.7 Å². The van der Waals surface area contributed by atoms with Crippen molar-refractivity contribution >= 4 is 5.82 Å². The molecule has 0 fully saturated rings. The van der Waals surface area contributed by atoms with E-state index in [4.69, 9.17) is 5.73 Å². The number of aromatic nitrogens is 4. The number of nitrogen functional groups attached to an aromatic ring is 1. The summed E-state index contributed by atoms with van der Waals surface area (Å²) in [7, 11) is 0. The first-order chi connectivity index (χ1) is 9.29. The van der Waals surface area contributed by atoms with E-state index in [0.29, 0.717) is 5.82 Å². The molecule has 19 heavy (non-hydrogen) atoms. The van der Waals surface area contributed by atoms with Gasteiger partial charge in [-0.2, -0.15) is 5.10 Å². The first kappa shape index (κ1) is 11.5. The molecule has 0 bridgehead atoms.